The van der Waals surface area contributed by atoms with Crippen LogP contribution in [0.15, 0.2) is 72.9 Å². The van der Waals surface area contributed by atoms with Crippen LogP contribution in [0.1, 0.15) is 97.3 Å². The normalized spacial score (nSPS) is 14.0. The number of unbranched alkanes of at least 4 members (excludes halogenated alkanes) is 6. The molecule has 0 spiro atoms. The van der Waals surface area contributed by atoms with Crippen LogP contribution in [0.3, 0.4) is 0 Å². The van der Waals surface area contributed by atoms with E-state index >= 15 is 0 Å². The number of quaternary nitrogens is 1. The molecule has 0 heterocycles. The van der Waals surface area contributed by atoms with E-state index in [1.54, 1.807) is 21.1 Å². The summed E-state index contributed by atoms with van der Waals surface area (Å²) < 4.78 is 16.9. The molecule has 0 amide bonds. The van der Waals surface area contributed by atoms with Gasteiger partial charge in [0.2, 0.25) is 0 Å². The van der Waals surface area contributed by atoms with Crippen molar-refractivity contribution in [3.05, 3.63) is 72.9 Å². The van der Waals surface area contributed by atoms with E-state index in [1.165, 1.54) is 25.7 Å². The van der Waals surface area contributed by atoms with Gasteiger partial charge in [0, 0.05) is 19.3 Å². The Morgan fingerprint density at radius 3 is 1.83 bits per heavy atom. The van der Waals surface area contributed by atoms with Crippen LogP contribution in [0.5, 0.6) is 0 Å². The topological polar surface area (TPSA) is 102 Å². The third-order valence-corrected chi connectivity index (χ3v) is 6.95. The monoisotopic (exact) mass is 643 g/mol. The van der Waals surface area contributed by atoms with Crippen molar-refractivity contribution in [2.24, 2.45) is 0 Å². The van der Waals surface area contributed by atoms with Gasteiger partial charge in [-0.15, -0.1) is 0 Å². The van der Waals surface area contributed by atoms with Gasteiger partial charge in [-0.3, -0.25) is 9.59 Å². The van der Waals surface area contributed by atoms with E-state index < -0.39 is 24.1 Å². The number of hydrogen-bond donors (Lipinski definition) is 0. The number of allylic oxidation sites excluding steroid dienone is 12. The summed E-state index contributed by atoms with van der Waals surface area (Å²) >= 11 is 0. The summed E-state index contributed by atoms with van der Waals surface area (Å²) in [5, 5.41) is 11.5. The fourth-order valence-corrected chi connectivity index (χ4v) is 4.28. The van der Waals surface area contributed by atoms with Gasteiger partial charge in [0.05, 0.1) is 40.3 Å². The van der Waals surface area contributed by atoms with Gasteiger partial charge in [0.15, 0.2) is 6.10 Å². The molecule has 8 heteroatoms. The van der Waals surface area contributed by atoms with Crippen LogP contribution < -0.4 is 5.11 Å². The summed E-state index contributed by atoms with van der Waals surface area (Å²) in [6, 6.07) is -0.743. The van der Waals surface area contributed by atoms with Crippen LogP contribution in [-0.2, 0) is 28.6 Å². The first-order valence-corrected chi connectivity index (χ1v) is 17.0. The van der Waals surface area contributed by atoms with E-state index in [-0.39, 0.29) is 49.5 Å². The van der Waals surface area contributed by atoms with Gasteiger partial charge in [-0.1, -0.05) is 106 Å². The second kappa shape index (κ2) is 29.2. The first-order valence-electron chi connectivity index (χ1n) is 17.0. The Kier molecular flexibility index (Phi) is 27.1. The van der Waals surface area contributed by atoms with Gasteiger partial charge in [-0.05, 0) is 44.9 Å². The predicted molar refractivity (Wildman–Crippen MR) is 185 cm³/mol. The maximum Gasteiger partial charge on any atom is 0.306 e. The van der Waals surface area contributed by atoms with Gasteiger partial charge in [0.25, 0.3) is 0 Å². The molecule has 2 atom stereocenters. The Morgan fingerprint density at radius 1 is 0.674 bits per heavy atom. The molecule has 0 aliphatic carbocycles. The third kappa shape index (κ3) is 27.1. The highest BCUT2D eigenvalue weighted by atomic mass is 16.6. The van der Waals surface area contributed by atoms with Crippen LogP contribution in [0.4, 0.5) is 0 Å². The molecule has 0 aromatic heterocycles. The summed E-state index contributed by atoms with van der Waals surface area (Å²) in [4.78, 5) is 36.4. The third-order valence-electron chi connectivity index (χ3n) is 6.95. The quantitative estimate of drug-likeness (QED) is 0.0306. The molecule has 0 saturated heterocycles. The SMILES string of the molecule is CC/C=C/C=C/C=C/C=C/C=C/CCCC(=O)OC(COCCC(C(=O)[O-])[N+](C)(C)C)COC(=O)CCC/C=C/CCCCCC. The zero-order chi connectivity index (χ0) is 34.3. The van der Waals surface area contributed by atoms with Crippen molar-refractivity contribution in [3.8, 4) is 0 Å². The fourth-order valence-electron chi connectivity index (χ4n) is 4.28. The average Bonchev–Trinajstić information content (AvgIpc) is 3.00. The lowest BCUT2D eigenvalue weighted by Crippen LogP contribution is -2.55. The number of likely N-dealkylation sites (N-methyl/N-ethyl adjacent to an activating group) is 1. The van der Waals surface area contributed by atoms with E-state index in [0.717, 1.165) is 19.3 Å². The number of ether oxygens (including phenoxy) is 3. The molecule has 0 rings (SSSR count). The molecule has 0 radical (unpaired) electrons. The van der Waals surface area contributed by atoms with Crippen LogP contribution in [0.25, 0.3) is 0 Å². The van der Waals surface area contributed by atoms with E-state index in [9.17, 15) is 19.5 Å². The van der Waals surface area contributed by atoms with Gasteiger partial charge in [-0.2, -0.15) is 0 Å². The van der Waals surface area contributed by atoms with Gasteiger partial charge < -0.3 is 28.6 Å². The van der Waals surface area contributed by atoms with Gasteiger partial charge in [0.1, 0.15) is 12.6 Å². The molecule has 8 nitrogen and oxygen atoms in total. The number of hydrogen-bond acceptors (Lipinski definition) is 7. The average molecular weight is 644 g/mol. The van der Waals surface area contributed by atoms with Crippen LogP contribution >= 0.6 is 0 Å². The fraction of sp³-hybridized carbons (Fsp3) is 0.605. The summed E-state index contributed by atoms with van der Waals surface area (Å²) in [5.74, 6) is -1.90. The number of carboxylic acids is 1. The number of carboxylic acid groups (broad SMARTS) is 1. The standard InChI is InChI=1S/C38H61NO7/c1-6-8-10-12-14-16-17-18-19-21-23-25-27-29-37(41)46-34(32-44-31-30-35(38(42)43)39(3,4)5)33-45-36(40)28-26-24-22-20-15-13-11-9-7-2/h8,10,12,14,16-23,34-35H,6-7,9,11,13,15,24-33H2,1-5H3/b10-8+,14-12+,17-16+,19-18+,22-20+,23-21+. The van der Waals surface area contributed by atoms with E-state index in [4.69, 9.17) is 14.2 Å². The Labute approximate surface area is 279 Å². The summed E-state index contributed by atoms with van der Waals surface area (Å²) in [5.41, 5.74) is 0. The molecule has 260 valence electrons. The minimum Gasteiger partial charge on any atom is -0.544 e. The number of carbonyl (C=O) groups is 3. The summed E-state index contributed by atoms with van der Waals surface area (Å²) in [7, 11) is 5.34. The molecule has 0 saturated carbocycles. The van der Waals surface area contributed by atoms with Crippen LogP contribution in [0, 0.1) is 0 Å². The first kappa shape index (κ1) is 42.8. The molecular formula is C38H61NO7. The number of nitrogens with zero attached hydrogens (tertiary/aromatic N) is 1. The highest BCUT2D eigenvalue weighted by Crippen LogP contribution is 2.10. The molecule has 0 bridgehead atoms. The highest BCUT2D eigenvalue weighted by Gasteiger charge is 2.25. The predicted octanol–water partition coefficient (Wildman–Crippen LogP) is 6.73. The zero-order valence-corrected chi connectivity index (χ0v) is 29.2. The van der Waals surface area contributed by atoms with Crippen molar-refractivity contribution in [1.29, 1.82) is 0 Å². The minimum absolute atomic E-state index is 0.000998. The van der Waals surface area contributed by atoms with Crippen molar-refractivity contribution in [1.82, 2.24) is 0 Å². The molecule has 46 heavy (non-hydrogen) atoms. The molecule has 0 aliphatic heterocycles. The molecule has 0 fully saturated rings. The molecule has 0 aromatic rings. The molecular weight excluding hydrogens is 582 g/mol. The van der Waals surface area contributed by atoms with Crippen molar-refractivity contribution in [2.45, 2.75) is 109 Å². The molecule has 0 aromatic carbocycles. The van der Waals surface area contributed by atoms with Crippen molar-refractivity contribution < 1.29 is 38.2 Å². The van der Waals surface area contributed by atoms with Crippen LogP contribution in [-0.4, -0.2) is 75.5 Å². The largest absolute Gasteiger partial charge is 0.544 e. The first-order chi connectivity index (χ1) is 22.1. The van der Waals surface area contributed by atoms with E-state index in [1.807, 2.05) is 54.7 Å². The van der Waals surface area contributed by atoms with E-state index in [0.29, 0.717) is 19.3 Å². The number of esters is 2. The molecule has 2 unspecified atom stereocenters. The van der Waals surface area contributed by atoms with E-state index in [2.05, 4.69) is 32.1 Å². The highest BCUT2D eigenvalue weighted by molar-refractivity contribution is 5.70. The second-order valence-electron chi connectivity index (χ2n) is 12.1. The zero-order valence-electron chi connectivity index (χ0n) is 29.2. The number of rotatable bonds is 28. The Morgan fingerprint density at radius 2 is 1.24 bits per heavy atom. The van der Waals surface area contributed by atoms with Gasteiger partial charge >= 0.3 is 11.9 Å². The second-order valence-corrected chi connectivity index (χ2v) is 12.1. The van der Waals surface area contributed by atoms with Gasteiger partial charge in [-0.25, -0.2) is 0 Å². The Bertz CT molecular complexity index is 985. The van der Waals surface area contributed by atoms with Crippen molar-refractivity contribution in [2.75, 3.05) is 41.0 Å². The summed E-state index contributed by atoms with van der Waals surface area (Å²) in [6.07, 6.45) is 33.8. The maximum atomic E-state index is 12.5. The minimum atomic E-state index is -1.15. The molecule has 0 aliphatic rings. The van der Waals surface area contributed by atoms with Crippen molar-refractivity contribution in [3.63, 3.8) is 0 Å². The lowest BCUT2D eigenvalue weighted by atomic mass is 10.1. The number of aliphatic carboxylic acids is 1. The molecule has 0 N–H and O–H groups in total. The van der Waals surface area contributed by atoms with Crippen molar-refractivity contribution >= 4 is 17.9 Å². The lowest BCUT2D eigenvalue weighted by Gasteiger charge is -2.34. The van der Waals surface area contributed by atoms with Crippen LogP contribution in [0.2, 0.25) is 0 Å². The maximum absolute atomic E-state index is 12.5. The smallest absolute Gasteiger partial charge is 0.306 e. The Hall–Kier alpha value is -3.23. The summed E-state index contributed by atoms with van der Waals surface area (Å²) in [6.45, 7) is 4.32. The lowest BCUT2D eigenvalue weighted by molar-refractivity contribution is -0.889. The Balaban J connectivity index is 4.69. The number of carbonyl (C=O) groups excluding carboxylic acids is 3.